The van der Waals surface area contributed by atoms with Crippen LogP contribution in [-0.2, 0) is 17.6 Å². The highest BCUT2D eigenvalue weighted by Crippen LogP contribution is 2.52. The van der Waals surface area contributed by atoms with Crippen LogP contribution in [0.5, 0.6) is 0 Å². The molecule has 1 saturated heterocycles. The Balaban J connectivity index is 1.37. The highest BCUT2D eigenvalue weighted by Gasteiger charge is 2.59. The molecule has 2 fully saturated rings. The predicted molar refractivity (Wildman–Crippen MR) is 109 cm³/mol. The van der Waals surface area contributed by atoms with Crippen molar-refractivity contribution in [3.05, 3.63) is 46.5 Å². The van der Waals surface area contributed by atoms with Gasteiger partial charge in [-0.25, -0.2) is 0 Å². The first-order valence-electron chi connectivity index (χ1n) is 9.86. The van der Waals surface area contributed by atoms with E-state index in [2.05, 4.69) is 42.0 Å². The third kappa shape index (κ3) is 4.06. The SMILES string of the molecule is CC1(C)C(NC(=NCCc2cccs2)NCCc2ccco2)C2CCOC21. The number of rotatable bonds is 7. The lowest BCUT2D eigenvalue weighted by Crippen LogP contribution is -2.68. The average molecular weight is 388 g/mol. The smallest absolute Gasteiger partial charge is 0.191 e. The van der Waals surface area contributed by atoms with Gasteiger partial charge >= 0.3 is 0 Å². The molecule has 2 N–H and O–H groups in total. The van der Waals surface area contributed by atoms with Crippen molar-refractivity contribution in [1.82, 2.24) is 10.6 Å². The zero-order valence-electron chi connectivity index (χ0n) is 16.1. The number of guanidine groups is 1. The van der Waals surface area contributed by atoms with Crippen LogP contribution in [0.25, 0.3) is 0 Å². The largest absolute Gasteiger partial charge is 0.469 e. The number of hydrogen-bond acceptors (Lipinski definition) is 4. The maximum absolute atomic E-state index is 5.93. The Morgan fingerprint density at radius 2 is 2.22 bits per heavy atom. The van der Waals surface area contributed by atoms with E-state index < -0.39 is 0 Å². The van der Waals surface area contributed by atoms with Gasteiger partial charge in [0.15, 0.2) is 5.96 Å². The second-order valence-corrected chi connectivity index (χ2v) is 9.04. The summed E-state index contributed by atoms with van der Waals surface area (Å²) in [6.45, 7) is 7.06. The molecule has 0 spiro atoms. The zero-order valence-corrected chi connectivity index (χ0v) is 16.9. The Labute approximate surface area is 165 Å². The first kappa shape index (κ1) is 18.6. The standard InChI is InChI=1S/C21H29N3O2S/c1-21(2)18(17-9-13-26-19(17)21)24-20(22-10-7-15-5-3-12-25-15)23-11-8-16-6-4-14-27-16/h3-6,12,14,17-19H,7-11,13H2,1-2H3,(H2,22,23,24). The quantitative estimate of drug-likeness (QED) is 0.564. The van der Waals surface area contributed by atoms with Gasteiger partial charge in [-0.05, 0) is 30.0 Å². The van der Waals surface area contributed by atoms with Crippen LogP contribution in [0, 0.1) is 11.3 Å². The van der Waals surface area contributed by atoms with Crippen molar-refractivity contribution >= 4 is 17.3 Å². The van der Waals surface area contributed by atoms with Gasteiger partial charge in [-0.2, -0.15) is 0 Å². The van der Waals surface area contributed by atoms with E-state index >= 15 is 0 Å². The Hall–Kier alpha value is -1.79. The van der Waals surface area contributed by atoms with Gasteiger partial charge < -0.3 is 19.8 Å². The Morgan fingerprint density at radius 3 is 3.00 bits per heavy atom. The topological polar surface area (TPSA) is 58.8 Å². The van der Waals surface area contributed by atoms with Crippen molar-refractivity contribution in [1.29, 1.82) is 0 Å². The third-order valence-corrected chi connectivity index (χ3v) is 6.78. The fourth-order valence-corrected chi connectivity index (χ4v) is 5.11. The molecule has 6 heteroatoms. The van der Waals surface area contributed by atoms with E-state index in [-0.39, 0.29) is 5.41 Å². The Bertz CT molecular complexity index is 740. The Kier molecular flexibility index (Phi) is 5.55. The van der Waals surface area contributed by atoms with E-state index in [0.717, 1.165) is 50.7 Å². The molecule has 0 aromatic carbocycles. The highest BCUT2D eigenvalue weighted by atomic mass is 32.1. The van der Waals surface area contributed by atoms with Crippen LogP contribution in [0.1, 0.15) is 30.9 Å². The second kappa shape index (κ2) is 8.07. The summed E-state index contributed by atoms with van der Waals surface area (Å²) in [6.07, 6.45) is 5.07. The van der Waals surface area contributed by atoms with Gasteiger partial charge in [0.25, 0.3) is 0 Å². The van der Waals surface area contributed by atoms with Crippen molar-refractivity contribution in [2.24, 2.45) is 16.3 Å². The monoisotopic (exact) mass is 387 g/mol. The average Bonchev–Trinajstić information content (AvgIpc) is 3.40. The molecule has 0 amide bonds. The summed E-state index contributed by atoms with van der Waals surface area (Å²) in [5.41, 5.74) is 0.137. The summed E-state index contributed by atoms with van der Waals surface area (Å²) in [4.78, 5) is 6.23. The number of furan rings is 1. The van der Waals surface area contributed by atoms with Crippen molar-refractivity contribution in [3.8, 4) is 0 Å². The van der Waals surface area contributed by atoms with E-state index in [4.69, 9.17) is 14.1 Å². The molecule has 1 saturated carbocycles. The molecule has 5 nitrogen and oxygen atoms in total. The van der Waals surface area contributed by atoms with Gasteiger partial charge in [-0.1, -0.05) is 19.9 Å². The van der Waals surface area contributed by atoms with Gasteiger partial charge in [-0.15, -0.1) is 11.3 Å². The summed E-state index contributed by atoms with van der Waals surface area (Å²) in [5.74, 6) is 2.49. The van der Waals surface area contributed by atoms with Crippen LogP contribution in [0.2, 0.25) is 0 Å². The van der Waals surface area contributed by atoms with Gasteiger partial charge in [0.05, 0.1) is 12.4 Å². The molecule has 0 bridgehead atoms. The van der Waals surface area contributed by atoms with E-state index in [1.807, 2.05) is 12.1 Å². The van der Waals surface area contributed by atoms with Gasteiger partial charge in [0, 0.05) is 54.8 Å². The second-order valence-electron chi connectivity index (χ2n) is 8.00. The predicted octanol–water partition coefficient (Wildman–Crippen LogP) is 3.48. The molecule has 2 aliphatic rings. The number of fused-ring (bicyclic) bond motifs is 1. The van der Waals surface area contributed by atoms with Crippen LogP contribution < -0.4 is 10.6 Å². The summed E-state index contributed by atoms with van der Waals surface area (Å²) in [6, 6.07) is 8.62. The summed E-state index contributed by atoms with van der Waals surface area (Å²) in [7, 11) is 0. The third-order valence-electron chi connectivity index (χ3n) is 5.84. The fourth-order valence-electron chi connectivity index (χ4n) is 4.41. The Morgan fingerprint density at radius 1 is 1.30 bits per heavy atom. The number of thiophene rings is 1. The molecule has 146 valence electrons. The molecular weight excluding hydrogens is 358 g/mol. The number of aliphatic imine (C=N–C) groups is 1. The first-order valence-corrected chi connectivity index (χ1v) is 10.7. The molecular formula is C21H29N3O2S. The fraction of sp³-hybridized carbons (Fsp3) is 0.571. The molecule has 2 aromatic heterocycles. The summed E-state index contributed by atoms with van der Waals surface area (Å²) < 4.78 is 11.4. The summed E-state index contributed by atoms with van der Waals surface area (Å²) in [5, 5.41) is 9.33. The molecule has 4 rings (SSSR count). The number of nitrogens with zero attached hydrogens (tertiary/aromatic N) is 1. The lowest BCUT2D eigenvalue weighted by Gasteiger charge is -2.54. The van der Waals surface area contributed by atoms with Gasteiger partial charge in [-0.3, -0.25) is 4.99 Å². The van der Waals surface area contributed by atoms with Gasteiger partial charge in [0.1, 0.15) is 5.76 Å². The van der Waals surface area contributed by atoms with E-state index in [1.54, 1.807) is 17.6 Å². The molecule has 1 aliphatic carbocycles. The molecule has 1 aliphatic heterocycles. The zero-order chi connectivity index (χ0) is 18.7. The first-order chi connectivity index (χ1) is 13.1. The molecule has 2 aromatic rings. The van der Waals surface area contributed by atoms with E-state index in [0.29, 0.717) is 18.1 Å². The maximum Gasteiger partial charge on any atom is 0.191 e. The van der Waals surface area contributed by atoms with E-state index in [1.165, 1.54) is 4.88 Å². The summed E-state index contributed by atoms with van der Waals surface area (Å²) >= 11 is 1.79. The van der Waals surface area contributed by atoms with E-state index in [9.17, 15) is 0 Å². The van der Waals surface area contributed by atoms with Crippen LogP contribution in [0.3, 0.4) is 0 Å². The van der Waals surface area contributed by atoms with Crippen molar-refractivity contribution in [3.63, 3.8) is 0 Å². The molecule has 3 heterocycles. The minimum atomic E-state index is 0.137. The molecule has 27 heavy (non-hydrogen) atoms. The van der Waals surface area contributed by atoms with Crippen molar-refractivity contribution in [2.45, 2.75) is 45.3 Å². The van der Waals surface area contributed by atoms with Crippen LogP contribution in [-0.4, -0.2) is 37.8 Å². The normalized spacial score (nSPS) is 26.4. The maximum atomic E-state index is 5.93. The minimum Gasteiger partial charge on any atom is -0.469 e. The number of ether oxygens (including phenoxy) is 1. The lowest BCUT2D eigenvalue weighted by atomic mass is 9.57. The van der Waals surface area contributed by atoms with Gasteiger partial charge in [0.2, 0.25) is 0 Å². The lowest BCUT2D eigenvalue weighted by molar-refractivity contribution is -0.106. The van der Waals surface area contributed by atoms with Crippen molar-refractivity contribution < 1.29 is 9.15 Å². The minimum absolute atomic E-state index is 0.137. The molecule has 3 atom stereocenters. The number of nitrogens with one attached hydrogen (secondary N) is 2. The molecule has 0 radical (unpaired) electrons. The van der Waals surface area contributed by atoms with Crippen molar-refractivity contribution in [2.75, 3.05) is 19.7 Å². The van der Waals surface area contributed by atoms with Crippen LogP contribution >= 0.6 is 11.3 Å². The number of hydrogen-bond donors (Lipinski definition) is 2. The highest BCUT2D eigenvalue weighted by molar-refractivity contribution is 7.09. The molecule has 3 unspecified atom stereocenters. The van der Waals surface area contributed by atoms with Crippen LogP contribution in [0.15, 0.2) is 45.3 Å². The van der Waals surface area contributed by atoms with Crippen LogP contribution in [0.4, 0.5) is 0 Å².